The predicted molar refractivity (Wildman–Crippen MR) is 79.7 cm³/mol. The molecule has 1 N–H and O–H groups in total. The van der Waals surface area contributed by atoms with E-state index in [1.54, 1.807) is 17.5 Å². The molecule has 1 aromatic heterocycles. The Hall–Kier alpha value is -2.80. The minimum Gasteiger partial charge on any atom is -0.273 e. The van der Waals surface area contributed by atoms with Gasteiger partial charge in [0.15, 0.2) is 0 Å². The molecule has 0 spiro atoms. The highest BCUT2D eigenvalue weighted by molar-refractivity contribution is 7.10. The first-order valence-electron chi connectivity index (χ1n) is 6.27. The van der Waals surface area contributed by atoms with Crippen LogP contribution in [0.25, 0.3) is 6.08 Å². The van der Waals surface area contributed by atoms with E-state index >= 15 is 0 Å². The second-order valence-corrected chi connectivity index (χ2v) is 5.43. The summed E-state index contributed by atoms with van der Waals surface area (Å²) in [5.41, 5.74) is 0.0415. The van der Waals surface area contributed by atoms with Gasteiger partial charge in [-0.3, -0.25) is 14.9 Å². The molecule has 5 nitrogen and oxygen atoms in total. The third-order valence-electron chi connectivity index (χ3n) is 3.02. The van der Waals surface area contributed by atoms with E-state index in [1.807, 2.05) is 0 Å². The summed E-state index contributed by atoms with van der Waals surface area (Å²) >= 11 is 1.36. The Morgan fingerprint density at radius 1 is 1.09 bits per heavy atom. The molecule has 2 aromatic rings. The van der Waals surface area contributed by atoms with Gasteiger partial charge in [0.1, 0.15) is 11.4 Å². The Kier molecular flexibility index (Phi) is 3.56. The largest absolute Gasteiger partial charge is 0.335 e. The summed E-state index contributed by atoms with van der Waals surface area (Å²) in [5.74, 6) is -1.98. The molecule has 1 saturated heterocycles. The maximum absolute atomic E-state index is 13.0. The highest BCUT2D eigenvalue weighted by Gasteiger charge is 2.36. The van der Waals surface area contributed by atoms with Gasteiger partial charge < -0.3 is 0 Å². The zero-order chi connectivity index (χ0) is 15.7. The normalized spacial score (nSPS) is 17.0. The molecule has 7 heteroatoms. The standard InChI is InChI=1S/C15H9FN2O3S/c16-9-3-5-10(6-4-9)18-14(20)12(13(19)17-15(18)21)8-11-2-1-7-22-11/h1-8H,(H,17,19,21)/b12-8+. The fourth-order valence-corrected chi connectivity index (χ4v) is 2.66. The molecular weight excluding hydrogens is 307 g/mol. The van der Waals surface area contributed by atoms with Crippen molar-refractivity contribution >= 4 is 40.9 Å². The van der Waals surface area contributed by atoms with E-state index < -0.39 is 23.7 Å². The van der Waals surface area contributed by atoms with Crippen molar-refractivity contribution in [1.82, 2.24) is 5.32 Å². The minimum absolute atomic E-state index is 0.147. The number of hydrogen-bond acceptors (Lipinski definition) is 4. The molecule has 2 heterocycles. The van der Waals surface area contributed by atoms with Crippen LogP contribution in [0.15, 0.2) is 47.4 Å². The molecule has 0 unspecified atom stereocenters. The quantitative estimate of drug-likeness (QED) is 0.684. The first-order chi connectivity index (χ1) is 10.6. The van der Waals surface area contributed by atoms with Gasteiger partial charge in [-0.05, 0) is 41.8 Å². The Morgan fingerprint density at radius 3 is 2.45 bits per heavy atom. The van der Waals surface area contributed by atoms with Gasteiger partial charge in [0, 0.05) is 4.88 Å². The first-order valence-corrected chi connectivity index (χ1v) is 7.15. The summed E-state index contributed by atoms with van der Waals surface area (Å²) in [6, 6.07) is 7.54. The van der Waals surface area contributed by atoms with Crippen molar-refractivity contribution in [2.24, 2.45) is 0 Å². The molecule has 0 aliphatic carbocycles. The fraction of sp³-hybridized carbons (Fsp3) is 0. The van der Waals surface area contributed by atoms with Crippen molar-refractivity contribution in [3.05, 3.63) is 58.0 Å². The number of amides is 4. The van der Waals surface area contributed by atoms with E-state index in [-0.39, 0.29) is 11.3 Å². The van der Waals surface area contributed by atoms with E-state index in [4.69, 9.17) is 0 Å². The van der Waals surface area contributed by atoms with Crippen molar-refractivity contribution in [1.29, 1.82) is 0 Å². The molecule has 1 aromatic carbocycles. The number of nitrogens with zero attached hydrogens (tertiary/aromatic N) is 1. The Balaban J connectivity index is 2.01. The number of barbiturate groups is 1. The second-order valence-electron chi connectivity index (χ2n) is 4.45. The van der Waals surface area contributed by atoms with Gasteiger partial charge in [0.05, 0.1) is 5.69 Å². The van der Waals surface area contributed by atoms with Crippen LogP contribution in [-0.4, -0.2) is 17.8 Å². The molecule has 110 valence electrons. The van der Waals surface area contributed by atoms with Crippen LogP contribution in [-0.2, 0) is 9.59 Å². The van der Waals surface area contributed by atoms with Crippen LogP contribution in [0.2, 0.25) is 0 Å². The van der Waals surface area contributed by atoms with Crippen molar-refractivity contribution in [3.63, 3.8) is 0 Å². The second kappa shape index (κ2) is 5.53. The summed E-state index contributed by atoms with van der Waals surface area (Å²) in [6.07, 6.45) is 1.42. The molecule has 1 fully saturated rings. The van der Waals surface area contributed by atoms with Crippen molar-refractivity contribution in [2.45, 2.75) is 0 Å². The summed E-state index contributed by atoms with van der Waals surface area (Å²) in [5, 5.41) is 3.91. The van der Waals surface area contributed by atoms with Gasteiger partial charge in [-0.2, -0.15) is 0 Å². The lowest BCUT2D eigenvalue weighted by molar-refractivity contribution is -0.122. The highest BCUT2D eigenvalue weighted by atomic mass is 32.1. The van der Waals surface area contributed by atoms with Crippen molar-refractivity contribution in [2.75, 3.05) is 4.90 Å². The number of benzene rings is 1. The number of thiophene rings is 1. The van der Waals surface area contributed by atoms with Gasteiger partial charge >= 0.3 is 6.03 Å². The van der Waals surface area contributed by atoms with E-state index in [9.17, 15) is 18.8 Å². The van der Waals surface area contributed by atoms with Gasteiger partial charge in [-0.15, -0.1) is 11.3 Å². The minimum atomic E-state index is -0.857. The number of imide groups is 2. The molecule has 0 atom stereocenters. The Labute approximate surface area is 128 Å². The molecule has 0 bridgehead atoms. The van der Waals surface area contributed by atoms with E-state index in [1.165, 1.54) is 29.5 Å². The summed E-state index contributed by atoms with van der Waals surface area (Å²) in [6.45, 7) is 0. The number of urea groups is 1. The lowest BCUT2D eigenvalue weighted by Gasteiger charge is -2.26. The average Bonchev–Trinajstić information content (AvgIpc) is 2.98. The van der Waals surface area contributed by atoms with Crippen LogP contribution in [0.5, 0.6) is 0 Å². The van der Waals surface area contributed by atoms with E-state index in [2.05, 4.69) is 5.32 Å². The molecule has 3 rings (SSSR count). The van der Waals surface area contributed by atoms with Crippen LogP contribution in [0.3, 0.4) is 0 Å². The van der Waals surface area contributed by atoms with E-state index in [0.29, 0.717) is 4.88 Å². The summed E-state index contributed by atoms with van der Waals surface area (Å²) in [7, 11) is 0. The van der Waals surface area contributed by atoms with E-state index in [0.717, 1.165) is 17.0 Å². The lowest BCUT2D eigenvalue weighted by atomic mass is 10.1. The monoisotopic (exact) mass is 316 g/mol. The smallest absolute Gasteiger partial charge is 0.273 e. The number of halogens is 1. The zero-order valence-corrected chi connectivity index (χ0v) is 11.9. The molecule has 1 aliphatic rings. The number of anilines is 1. The van der Waals surface area contributed by atoms with Gasteiger partial charge in [-0.1, -0.05) is 6.07 Å². The highest BCUT2D eigenvalue weighted by Crippen LogP contribution is 2.23. The number of hydrogen-bond donors (Lipinski definition) is 1. The van der Waals surface area contributed by atoms with Crippen LogP contribution >= 0.6 is 11.3 Å². The maximum Gasteiger partial charge on any atom is 0.335 e. The maximum atomic E-state index is 13.0. The van der Waals surface area contributed by atoms with Crippen molar-refractivity contribution in [3.8, 4) is 0 Å². The molecule has 0 saturated carbocycles. The number of nitrogens with one attached hydrogen (secondary N) is 1. The summed E-state index contributed by atoms with van der Waals surface area (Å²) in [4.78, 5) is 37.7. The van der Waals surface area contributed by atoms with Crippen molar-refractivity contribution < 1.29 is 18.8 Å². The molecule has 4 amide bonds. The molecule has 0 radical (unpaired) electrons. The zero-order valence-electron chi connectivity index (χ0n) is 11.1. The lowest BCUT2D eigenvalue weighted by Crippen LogP contribution is -2.54. The molecule has 1 aliphatic heterocycles. The topological polar surface area (TPSA) is 66.5 Å². The number of rotatable bonds is 2. The van der Waals surface area contributed by atoms with Gasteiger partial charge in [0.25, 0.3) is 11.8 Å². The van der Waals surface area contributed by atoms with Gasteiger partial charge in [-0.25, -0.2) is 14.1 Å². The Morgan fingerprint density at radius 2 is 1.82 bits per heavy atom. The average molecular weight is 316 g/mol. The summed E-state index contributed by atoms with van der Waals surface area (Å²) < 4.78 is 13.0. The molecule has 22 heavy (non-hydrogen) atoms. The molecular formula is C15H9FN2O3S. The first kappa shape index (κ1) is 14.2. The van der Waals surface area contributed by atoms with Crippen LogP contribution < -0.4 is 10.2 Å². The van der Waals surface area contributed by atoms with Gasteiger partial charge in [0.2, 0.25) is 0 Å². The fourth-order valence-electron chi connectivity index (χ4n) is 2.00. The van der Waals surface area contributed by atoms with Crippen LogP contribution in [0, 0.1) is 5.82 Å². The third-order valence-corrected chi connectivity index (χ3v) is 3.84. The van der Waals surface area contributed by atoms with Crippen LogP contribution in [0.1, 0.15) is 4.88 Å². The number of carbonyl (C=O) groups excluding carboxylic acids is 3. The van der Waals surface area contributed by atoms with Crippen LogP contribution in [0.4, 0.5) is 14.9 Å². The number of carbonyl (C=O) groups is 3. The SMILES string of the molecule is O=C1NC(=O)N(c2ccc(F)cc2)C(=O)/C1=C/c1cccs1. The third kappa shape index (κ3) is 2.53. The predicted octanol–water partition coefficient (Wildman–Crippen LogP) is 2.55. The Bertz CT molecular complexity index is 782.